The fraction of sp³-hybridized carbons (Fsp3) is 0.250. The van der Waals surface area contributed by atoms with Gasteiger partial charge in [0.1, 0.15) is 5.25 Å². The topological polar surface area (TPSA) is 102 Å². The second kappa shape index (κ2) is 9.33. The van der Waals surface area contributed by atoms with Gasteiger partial charge in [-0.2, -0.15) is 4.68 Å². The Hall–Kier alpha value is -3.20. The zero-order valence-electron chi connectivity index (χ0n) is 16.4. The predicted octanol–water partition coefficient (Wildman–Crippen LogP) is 3.07. The number of aromatic nitrogens is 4. The van der Waals surface area contributed by atoms with Gasteiger partial charge in [-0.1, -0.05) is 68.1 Å². The number of nitrogens with zero attached hydrogens (tertiary/aromatic N) is 4. The van der Waals surface area contributed by atoms with Gasteiger partial charge in [0.2, 0.25) is 11.1 Å². The molecule has 0 aliphatic rings. The van der Waals surface area contributed by atoms with Gasteiger partial charge >= 0.3 is 6.03 Å². The smallest absolute Gasteiger partial charge is 0.321 e. The summed E-state index contributed by atoms with van der Waals surface area (Å²) in [6, 6.07) is 16.6. The number of amides is 3. The maximum absolute atomic E-state index is 12.7. The van der Waals surface area contributed by atoms with Gasteiger partial charge in [0, 0.05) is 7.05 Å². The Morgan fingerprint density at radius 3 is 2.31 bits per heavy atom. The Labute approximate surface area is 173 Å². The molecule has 29 heavy (non-hydrogen) atoms. The zero-order chi connectivity index (χ0) is 20.8. The van der Waals surface area contributed by atoms with Crippen LogP contribution in [0.25, 0.3) is 5.69 Å². The number of imide groups is 1. The van der Waals surface area contributed by atoms with Crippen LogP contribution in [0.15, 0.2) is 59.8 Å². The molecule has 0 saturated carbocycles. The third-order valence-corrected chi connectivity index (χ3v) is 5.46. The molecule has 1 aromatic heterocycles. The number of carbonyl (C=O) groups is 2. The summed E-state index contributed by atoms with van der Waals surface area (Å²) in [7, 11) is 1.45. The van der Waals surface area contributed by atoms with Gasteiger partial charge < -0.3 is 5.32 Å². The lowest BCUT2D eigenvalue weighted by molar-refractivity contribution is -0.119. The normalized spacial score (nSPS) is 11.9. The van der Waals surface area contributed by atoms with E-state index in [1.165, 1.54) is 24.4 Å². The Bertz CT molecular complexity index is 972. The maximum Gasteiger partial charge on any atom is 0.321 e. The number of urea groups is 1. The van der Waals surface area contributed by atoms with E-state index in [2.05, 4.69) is 40.0 Å². The van der Waals surface area contributed by atoms with Gasteiger partial charge in [-0.25, -0.2) is 4.79 Å². The predicted molar refractivity (Wildman–Crippen MR) is 111 cm³/mol. The van der Waals surface area contributed by atoms with E-state index in [-0.39, 0.29) is 0 Å². The van der Waals surface area contributed by atoms with Crippen molar-refractivity contribution in [3.8, 4) is 5.69 Å². The van der Waals surface area contributed by atoms with Crippen LogP contribution in [0.3, 0.4) is 0 Å². The van der Waals surface area contributed by atoms with Crippen molar-refractivity contribution in [1.82, 2.24) is 30.8 Å². The van der Waals surface area contributed by atoms with Crippen LogP contribution in [0.5, 0.6) is 0 Å². The molecule has 9 heteroatoms. The van der Waals surface area contributed by atoms with Crippen LogP contribution in [-0.4, -0.2) is 39.2 Å². The minimum absolute atomic E-state index is 0.419. The average molecular weight is 411 g/mol. The van der Waals surface area contributed by atoms with E-state index >= 15 is 0 Å². The second-order valence-electron chi connectivity index (χ2n) is 6.60. The van der Waals surface area contributed by atoms with E-state index in [9.17, 15) is 9.59 Å². The number of hydrogen-bond donors (Lipinski definition) is 2. The number of carbonyl (C=O) groups excluding carboxylic acids is 2. The molecule has 0 aliphatic heterocycles. The van der Waals surface area contributed by atoms with Crippen LogP contribution < -0.4 is 10.6 Å². The van der Waals surface area contributed by atoms with Crippen molar-refractivity contribution in [2.75, 3.05) is 7.05 Å². The largest absolute Gasteiger partial charge is 0.341 e. The maximum atomic E-state index is 12.7. The first-order valence-corrected chi connectivity index (χ1v) is 10.0. The zero-order valence-corrected chi connectivity index (χ0v) is 17.2. The van der Waals surface area contributed by atoms with E-state index < -0.39 is 17.2 Å². The van der Waals surface area contributed by atoms with Crippen LogP contribution in [0.1, 0.15) is 36.1 Å². The molecule has 0 radical (unpaired) electrons. The minimum atomic E-state index is -0.701. The summed E-state index contributed by atoms with van der Waals surface area (Å²) >= 11 is 1.18. The highest BCUT2D eigenvalue weighted by atomic mass is 32.2. The second-order valence-corrected chi connectivity index (χ2v) is 7.67. The molecule has 0 unspecified atom stereocenters. The van der Waals surface area contributed by atoms with Crippen molar-refractivity contribution in [1.29, 1.82) is 0 Å². The molecule has 0 bridgehead atoms. The van der Waals surface area contributed by atoms with Crippen molar-refractivity contribution in [3.63, 3.8) is 0 Å². The number of nitrogens with one attached hydrogen (secondary N) is 2. The summed E-state index contributed by atoms with van der Waals surface area (Å²) in [5.41, 5.74) is 2.74. The van der Waals surface area contributed by atoms with Crippen LogP contribution >= 0.6 is 11.8 Å². The Morgan fingerprint density at radius 1 is 1.00 bits per heavy atom. The molecule has 0 aliphatic carbocycles. The summed E-state index contributed by atoms with van der Waals surface area (Å²) in [4.78, 5) is 24.4. The molecule has 150 valence electrons. The molecule has 0 spiro atoms. The molecule has 8 nitrogen and oxygen atoms in total. The van der Waals surface area contributed by atoms with Crippen molar-refractivity contribution < 1.29 is 9.59 Å². The van der Waals surface area contributed by atoms with E-state index in [0.29, 0.717) is 11.1 Å². The highest BCUT2D eigenvalue weighted by Crippen LogP contribution is 2.35. The molecular weight excluding hydrogens is 388 g/mol. The third kappa shape index (κ3) is 5.00. The summed E-state index contributed by atoms with van der Waals surface area (Å²) in [5, 5.41) is 16.4. The molecular formula is C20H22N6O2S. The minimum Gasteiger partial charge on any atom is -0.341 e. The molecule has 1 atom stereocenters. The molecule has 3 aromatic rings. The van der Waals surface area contributed by atoms with Crippen molar-refractivity contribution >= 4 is 23.7 Å². The van der Waals surface area contributed by atoms with Gasteiger partial charge in [-0.15, -0.1) is 5.10 Å². The fourth-order valence-corrected chi connectivity index (χ4v) is 3.66. The van der Waals surface area contributed by atoms with Gasteiger partial charge in [0.25, 0.3) is 0 Å². The fourth-order valence-electron chi connectivity index (χ4n) is 2.66. The SMILES string of the molecule is CNC(=O)NC(=O)[C@@H](Sc1nnnn1-c1ccc(C(C)C)cc1)c1ccccc1. The van der Waals surface area contributed by atoms with Crippen LogP contribution in [0, 0.1) is 0 Å². The number of rotatable bonds is 6. The molecule has 2 N–H and O–H groups in total. The lowest BCUT2D eigenvalue weighted by atomic mass is 10.0. The van der Waals surface area contributed by atoms with Gasteiger partial charge in [0.15, 0.2) is 0 Å². The lowest BCUT2D eigenvalue weighted by Crippen LogP contribution is -2.39. The summed E-state index contributed by atoms with van der Waals surface area (Å²) in [6.07, 6.45) is 0. The average Bonchev–Trinajstić information content (AvgIpc) is 3.20. The van der Waals surface area contributed by atoms with Crippen molar-refractivity contribution in [2.24, 2.45) is 0 Å². The summed E-state index contributed by atoms with van der Waals surface area (Å²) in [5.74, 6) is -0.0344. The van der Waals surface area contributed by atoms with Crippen molar-refractivity contribution in [2.45, 2.75) is 30.2 Å². The number of hydrogen-bond acceptors (Lipinski definition) is 6. The van der Waals surface area contributed by atoms with E-state index in [1.807, 2.05) is 54.6 Å². The first kappa shape index (κ1) is 20.5. The number of benzene rings is 2. The van der Waals surface area contributed by atoms with Crippen LogP contribution in [0.4, 0.5) is 4.79 Å². The van der Waals surface area contributed by atoms with E-state index in [0.717, 1.165) is 11.3 Å². The van der Waals surface area contributed by atoms with Gasteiger partial charge in [0.05, 0.1) is 5.69 Å². The first-order chi connectivity index (χ1) is 14.0. The van der Waals surface area contributed by atoms with E-state index in [1.54, 1.807) is 4.68 Å². The molecule has 3 amide bonds. The number of thioether (sulfide) groups is 1. The van der Waals surface area contributed by atoms with Gasteiger partial charge in [-0.05, 0) is 39.6 Å². The van der Waals surface area contributed by atoms with Crippen LogP contribution in [-0.2, 0) is 4.79 Å². The third-order valence-electron chi connectivity index (χ3n) is 4.27. The Balaban J connectivity index is 1.90. The standard InChI is InChI=1S/C20H22N6O2S/c1-13(2)14-9-11-16(12-10-14)26-20(23-24-25-26)29-17(15-7-5-4-6-8-15)18(27)22-19(28)21-3/h4-13,17H,1-3H3,(H2,21,22,27,28)/t17-/m0/s1. The highest BCUT2D eigenvalue weighted by molar-refractivity contribution is 8.00. The number of tetrazole rings is 1. The van der Waals surface area contributed by atoms with E-state index in [4.69, 9.17) is 0 Å². The Kier molecular flexibility index (Phi) is 6.61. The van der Waals surface area contributed by atoms with Gasteiger partial charge in [-0.3, -0.25) is 10.1 Å². The quantitative estimate of drug-likeness (QED) is 0.606. The molecule has 1 heterocycles. The lowest BCUT2D eigenvalue weighted by Gasteiger charge is -2.16. The Morgan fingerprint density at radius 2 is 1.69 bits per heavy atom. The molecule has 0 fully saturated rings. The molecule has 3 rings (SSSR count). The highest BCUT2D eigenvalue weighted by Gasteiger charge is 2.26. The monoisotopic (exact) mass is 410 g/mol. The molecule has 0 saturated heterocycles. The molecule has 2 aromatic carbocycles. The summed E-state index contributed by atoms with van der Waals surface area (Å²) < 4.78 is 1.58. The first-order valence-electron chi connectivity index (χ1n) is 9.12. The summed E-state index contributed by atoms with van der Waals surface area (Å²) in [6.45, 7) is 4.26. The van der Waals surface area contributed by atoms with Crippen LogP contribution in [0.2, 0.25) is 0 Å². The van der Waals surface area contributed by atoms with Crippen molar-refractivity contribution in [3.05, 3.63) is 65.7 Å².